The normalized spacial score (nSPS) is 11.4. The van der Waals surface area contributed by atoms with Crippen LogP contribution in [0.25, 0.3) is 22.2 Å². The Hall–Kier alpha value is -3.40. The minimum absolute atomic E-state index is 0.779. The highest BCUT2D eigenvalue weighted by atomic mass is 16.3. The van der Waals surface area contributed by atoms with Gasteiger partial charge in [-0.25, -0.2) is 0 Å². The Morgan fingerprint density at radius 3 is 1.62 bits per heavy atom. The third-order valence-corrected chi connectivity index (χ3v) is 4.66. The van der Waals surface area contributed by atoms with Crippen molar-refractivity contribution in [1.82, 2.24) is 0 Å². The highest BCUT2D eigenvalue weighted by Gasteiger charge is 2.16. The van der Waals surface area contributed by atoms with Gasteiger partial charge in [0, 0.05) is 23.3 Å². The van der Waals surface area contributed by atoms with Crippen molar-refractivity contribution in [3.63, 3.8) is 0 Å². The van der Waals surface area contributed by atoms with Gasteiger partial charge in [0.05, 0.1) is 0 Å². The first kappa shape index (κ1) is 14.9. The van der Waals surface area contributed by atoms with E-state index >= 15 is 0 Å². The van der Waals surface area contributed by atoms with Crippen molar-refractivity contribution >= 4 is 22.2 Å². The molecule has 26 heavy (non-hydrogen) atoms. The maximum Gasteiger partial charge on any atom is 0.335 e. The van der Waals surface area contributed by atoms with E-state index in [0.717, 1.165) is 35.3 Å². The smallest absolute Gasteiger partial charge is 0.335 e. The molecule has 4 nitrogen and oxygen atoms in total. The molecule has 0 spiro atoms. The molecule has 0 atom stereocenters. The molecule has 5 aromatic rings. The van der Waals surface area contributed by atoms with Gasteiger partial charge in [-0.15, -0.1) is 0 Å². The summed E-state index contributed by atoms with van der Waals surface area (Å²) in [5.41, 5.74) is 6.51. The average Bonchev–Trinajstić information content (AvgIpc) is 3.27. The van der Waals surface area contributed by atoms with Gasteiger partial charge in [0.25, 0.3) is 11.0 Å². The lowest BCUT2D eigenvalue weighted by atomic mass is 10.1. The molecule has 126 valence electrons. The molecule has 0 bridgehead atoms. The summed E-state index contributed by atoms with van der Waals surface area (Å²) in [7, 11) is 0. The number of para-hydroxylation sites is 4. The van der Waals surface area contributed by atoms with Crippen LogP contribution in [0.15, 0.2) is 94.4 Å². The van der Waals surface area contributed by atoms with E-state index in [4.69, 9.17) is 8.83 Å². The van der Waals surface area contributed by atoms with Crippen molar-refractivity contribution < 1.29 is 18.0 Å². The summed E-state index contributed by atoms with van der Waals surface area (Å²) < 4.78 is 15.5. The van der Waals surface area contributed by atoms with Crippen LogP contribution < -0.4 is 9.13 Å². The van der Waals surface area contributed by atoms with Crippen LogP contribution in [-0.2, 0) is 13.1 Å². The van der Waals surface area contributed by atoms with Gasteiger partial charge >= 0.3 is 12.8 Å². The second-order valence-electron chi connectivity index (χ2n) is 6.46. The average molecular weight is 342 g/mol. The molecule has 2 heterocycles. The highest BCUT2D eigenvalue weighted by Crippen LogP contribution is 2.13. The summed E-state index contributed by atoms with van der Waals surface area (Å²) in [6, 6.07) is 24.8. The van der Waals surface area contributed by atoms with Gasteiger partial charge in [0.15, 0.2) is 13.1 Å². The number of nitrogens with zero attached hydrogens (tertiary/aromatic N) is 2. The first-order chi connectivity index (χ1) is 12.9. The van der Waals surface area contributed by atoms with Crippen LogP contribution in [-0.4, -0.2) is 0 Å². The number of rotatable bonds is 4. The quantitative estimate of drug-likeness (QED) is 0.465. The fraction of sp³-hybridized carbons (Fsp3) is 0.0909. The molecule has 0 amide bonds. The topological polar surface area (TPSA) is 34.0 Å². The maximum absolute atomic E-state index is 5.63. The standard InChI is InChI=1S/C22H18N2O2/c1-3-10-21-19(8-1)23(15-25-21)13-17-6-5-7-18(12-17)14-24-16-26-22-11-4-2-9-20(22)24/h1-12,15-16H,13-14H2/q+2. The van der Waals surface area contributed by atoms with E-state index in [1.54, 1.807) is 12.8 Å². The van der Waals surface area contributed by atoms with Gasteiger partial charge < -0.3 is 8.83 Å². The molecule has 5 rings (SSSR count). The zero-order valence-electron chi connectivity index (χ0n) is 14.2. The Labute approximate surface area is 150 Å². The lowest BCUT2D eigenvalue weighted by Crippen LogP contribution is -2.33. The number of benzene rings is 3. The summed E-state index contributed by atoms with van der Waals surface area (Å²) in [5, 5.41) is 0. The molecule has 0 fully saturated rings. The summed E-state index contributed by atoms with van der Waals surface area (Å²) in [5.74, 6) is 0. The maximum atomic E-state index is 5.63. The molecule has 0 N–H and O–H groups in total. The number of aromatic nitrogens is 2. The molecule has 2 aromatic heterocycles. The first-order valence-electron chi connectivity index (χ1n) is 8.66. The molecule has 4 heteroatoms. The second-order valence-corrected chi connectivity index (χ2v) is 6.46. The molecule has 0 aliphatic carbocycles. The van der Waals surface area contributed by atoms with Crippen molar-refractivity contribution in [1.29, 1.82) is 0 Å². The molecule has 0 saturated heterocycles. The van der Waals surface area contributed by atoms with E-state index in [1.807, 2.05) is 36.4 Å². The molecular formula is C22H18N2O2+2. The Bertz CT molecular complexity index is 1110. The summed E-state index contributed by atoms with van der Waals surface area (Å²) in [6.45, 7) is 1.56. The van der Waals surface area contributed by atoms with E-state index in [2.05, 4.69) is 45.5 Å². The van der Waals surface area contributed by atoms with E-state index < -0.39 is 0 Å². The lowest BCUT2D eigenvalue weighted by molar-refractivity contribution is -0.668. The molecule has 0 radical (unpaired) electrons. The van der Waals surface area contributed by atoms with Crippen LogP contribution in [0.2, 0.25) is 0 Å². The fourth-order valence-electron chi connectivity index (χ4n) is 3.41. The van der Waals surface area contributed by atoms with Gasteiger partial charge in [-0.05, 0) is 18.2 Å². The largest absolute Gasteiger partial charge is 0.404 e. The number of fused-ring (bicyclic) bond motifs is 2. The monoisotopic (exact) mass is 342 g/mol. The second kappa shape index (κ2) is 6.15. The number of oxazole rings is 2. The van der Waals surface area contributed by atoms with Crippen LogP contribution in [0.5, 0.6) is 0 Å². The minimum Gasteiger partial charge on any atom is -0.404 e. The fourth-order valence-corrected chi connectivity index (χ4v) is 3.41. The van der Waals surface area contributed by atoms with E-state index in [1.165, 1.54) is 11.1 Å². The summed E-state index contributed by atoms with van der Waals surface area (Å²) in [6.07, 6.45) is 3.57. The zero-order valence-corrected chi connectivity index (χ0v) is 14.2. The molecule has 3 aromatic carbocycles. The van der Waals surface area contributed by atoms with Gasteiger partial charge in [0.1, 0.15) is 0 Å². The number of hydrogen-bond donors (Lipinski definition) is 0. The summed E-state index contributed by atoms with van der Waals surface area (Å²) >= 11 is 0. The summed E-state index contributed by atoms with van der Waals surface area (Å²) in [4.78, 5) is 0. The number of hydrogen-bond acceptors (Lipinski definition) is 2. The Morgan fingerprint density at radius 2 is 1.08 bits per heavy atom. The van der Waals surface area contributed by atoms with E-state index in [0.29, 0.717) is 0 Å². The van der Waals surface area contributed by atoms with Crippen molar-refractivity contribution in [3.8, 4) is 0 Å². The molecular weight excluding hydrogens is 324 g/mol. The molecule has 0 unspecified atom stereocenters. The molecule has 0 saturated carbocycles. The van der Waals surface area contributed by atoms with Gasteiger partial charge in [-0.2, -0.15) is 9.13 Å². The van der Waals surface area contributed by atoms with Crippen LogP contribution in [0, 0.1) is 0 Å². The van der Waals surface area contributed by atoms with Crippen LogP contribution >= 0.6 is 0 Å². The molecule has 0 aliphatic rings. The predicted molar refractivity (Wildman–Crippen MR) is 97.5 cm³/mol. The van der Waals surface area contributed by atoms with E-state index in [9.17, 15) is 0 Å². The van der Waals surface area contributed by atoms with Gasteiger partial charge in [0.2, 0.25) is 11.2 Å². The van der Waals surface area contributed by atoms with Gasteiger partial charge in [-0.1, -0.05) is 42.5 Å². The zero-order chi connectivity index (χ0) is 17.3. The first-order valence-corrected chi connectivity index (χ1v) is 8.66. The van der Waals surface area contributed by atoms with E-state index in [-0.39, 0.29) is 0 Å². The van der Waals surface area contributed by atoms with Crippen molar-refractivity contribution in [2.75, 3.05) is 0 Å². The van der Waals surface area contributed by atoms with Crippen LogP contribution in [0.1, 0.15) is 11.1 Å². The SMILES string of the molecule is c1cc(C[n+]2coc3ccccc32)cc(C[n+]2coc3ccccc32)c1. The Balaban J connectivity index is 1.44. The van der Waals surface area contributed by atoms with Crippen molar-refractivity contribution in [2.45, 2.75) is 13.1 Å². The van der Waals surface area contributed by atoms with Crippen LogP contribution in [0.3, 0.4) is 0 Å². The minimum atomic E-state index is 0.779. The predicted octanol–water partition coefficient (Wildman–Crippen LogP) is 3.85. The van der Waals surface area contributed by atoms with Crippen molar-refractivity contribution in [2.24, 2.45) is 0 Å². The Kier molecular flexibility index (Phi) is 3.53. The van der Waals surface area contributed by atoms with Crippen molar-refractivity contribution in [3.05, 3.63) is 96.7 Å². The lowest BCUT2D eigenvalue weighted by Gasteiger charge is -2.00. The Morgan fingerprint density at radius 1 is 0.577 bits per heavy atom. The third-order valence-electron chi connectivity index (χ3n) is 4.66. The van der Waals surface area contributed by atoms with Crippen LogP contribution in [0.4, 0.5) is 0 Å². The highest BCUT2D eigenvalue weighted by molar-refractivity contribution is 5.68. The molecule has 0 aliphatic heterocycles. The van der Waals surface area contributed by atoms with Gasteiger partial charge in [-0.3, -0.25) is 0 Å². The third kappa shape index (κ3) is 2.65.